The summed E-state index contributed by atoms with van der Waals surface area (Å²) in [6, 6.07) is 11.6. The smallest absolute Gasteiger partial charge is 0.286 e. The van der Waals surface area contributed by atoms with Crippen LogP contribution in [-0.2, 0) is 40.1 Å². The highest BCUT2D eigenvalue weighted by atomic mass is 35.5. The van der Waals surface area contributed by atoms with E-state index in [9.17, 15) is 13.8 Å². The summed E-state index contributed by atoms with van der Waals surface area (Å²) in [6.45, 7) is 3.19. The Hall–Kier alpha value is -3.00. The van der Waals surface area contributed by atoms with Gasteiger partial charge in [-0.25, -0.2) is 4.21 Å². The van der Waals surface area contributed by atoms with E-state index in [1.807, 2.05) is 18.2 Å². The molecule has 2 bridgehead atoms. The van der Waals surface area contributed by atoms with Crippen LogP contribution in [0.1, 0.15) is 65.9 Å². The van der Waals surface area contributed by atoms with Crippen molar-refractivity contribution >= 4 is 39.0 Å². The van der Waals surface area contributed by atoms with Crippen LogP contribution in [0.15, 0.2) is 52.9 Å². The summed E-state index contributed by atoms with van der Waals surface area (Å²) in [6.07, 6.45) is 9.89. The second-order valence-electron chi connectivity index (χ2n) is 15.2. The lowest BCUT2D eigenvalue weighted by molar-refractivity contribution is -0.128. The molecule has 11 nitrogen and oxygen atoms in total. The van der Waals surface area contributed by atoms with Gasteiger partial charge in [-0.15, -0.1) is 4.36 Å². The van der Waals surface area contributed by atoms with Gasteiger partial charge in [0.15, 0.2) is 0 Å². The summed E-state index contributed by atoms with van der Waals surface area (Å²) < 4.78 is 50.9. The number of nitrogens with one attached hydrogen (secondary N) is 1. The predicted molar refractivity (Wildman–Crippen MR) is 204 cm³/mol. The Kier molecular flexibility index (Phi) is 12.4. The molecule has 2 aromatic carbocycles. The molecule has 2 amide bonds. The number of fused-ring (bicyclic) bond motifs is 5. The number of aryl methyl sites for hydroxylation is 1. The number of amides is 2. The van der Waals surface area contributed by atoms with E-state index in [4.69, 9.17) is 35.3 Å². The Morgan fingerprint density at radius 1 is 1.06 bits per heavy atom. The number of nitrogens with zero attached hydrogens (tertiary/aromatic N) is 2. The lowest BCUT2D eigenvalue weighted by Crippen LogP contribution is -2.46. The molecule has 0 aromatic heterocycles. The molecule has 1 saturated heterocycles. The fraction of sp³-hybridized carbons (Fsp3) is 0.600. The van der Waals surface area contributed by atoms with Crippen LogP contribution in [0.25, 0.3) is 0 Å². The first-order chi connectivity index (χ1) is 25.7. The van der Waals surface area contributed by atoms with E-state index in [0.717, 1.165) is 49.5 Å². The van der Waals surface area contributed by atoms with Gasteiger partial charge in [-0.05, 0) is 104 Å². The van der Waals surface area contributed by atoms with E-state index in [-0.39, 0.29) is 48.6 Å². The molecule has 5 aliphatic rings. The first kappa shape index (κ1) is 38.3. The van der Waals surface area contributed by atoms with Crippen molar-refractivity contribution in [3.63, 3.8) is 0 Å². The second-order valence-corrected chi connectivity index (χ2v) is 17.6. The topological polar surface area (TPSA) is 125 Å². The Labute approximate surface area is 318 Å². The summed E-state index contributed by atoms with van der Waals surface area (Å²) in [5.41, 5.74) is 3.67. The molecule has 7 atom stereocenters. The van der Waals surface area contributed by atoms with Gasteiger partial charge in [0.25, 0.3) is 11.8 Å². The lowest BCUT2D eigenvalue weighted by Gasteiger charge is -2.46. The molecular weight excluding hydrogens is 718 g/mol. The summed E-state index contributed by atoms with van der Waals surface area (Å²) >= 11 is 6.44. The lowest BCUT2D eigenvalue weighted by atomic mass is 9.69. The first-order valence-corrected chi connectivity index (χ1v) is 21.1. The van der Waals surface area contributed by atoms with Crippen molar-refractivity contribution in [3.8, 4) is 5.75 Å². The van der Waals surface area contributed by atoms with Gasteiger partial charge in [0.2, 0.25) is 0 Å². The molecule has 3 unspecified atom stereocenters. The van der Waals surface area contributed by atoms with Crippen molar-refractivity contribution in [2.24, 2.45) is 28.0 Å². The van der Waals surface area contributed by atoms with E-state index in [1.54, 1.807) is 20.3 Å². The third kappa shape index (κ3) is 9.11. The molecule has 1 saturated carbocycles. The maximum Gasteiger partial charge on any atom is 0.286 e. The summed E-state index contributed by atoms with van der Waals surface area (Å²) in [4.78, 5) is 29.7. The largest absolute Gasteiger partial charge is 0.491 e. The molecule has 53 heavy (non-hydrogen) atoms. The Morgan fingerprint density at radius 3 is 2.68 bits per heavy atom. The Bertz CT molecular complexity index is 1790. The molecule has 0 spiro atoms. The fourth-order valence-corrected chi connectivity index (χ4v) is 10.8. The first-order valence-electron chi connectivity index (χ1n) is 19.0. The van der Waals surface area contributed by atoms with Crippen LogP contribution in [0.3, 0.4) is 0 Å². The van der Waals surface area contributed by atoms with Crippen LogP contribution in [0.2, 0.25) is 5.02 Å². The van der Waals surface area contributed by atoms with Gasteiger partial charge in [-0.1, -0.05) is 29.8 Å². The molecule has 3 aliphatic heterocycles. The number of methoxy groups -OCH3 is 2. The second kappa shape index (κ2) is 17.2. The highest BCUT2D eigenvalue weighted by Gasteiger charge is 2.40. The number of hydrogen-bond acceptors (Lipinski definition) is 9. The van der Waals surface area contributed by atoms with E-state index in [1.165, 1.54) is 11.1 Å². The minimum Gasteiger partial charge on any atom is -0.491 e. The number of halogens is 1. The number of allylic oxidation sites excluding steroid dienone is 1. The maximum atomic E-state index is 14.6. The summed E-state index contributed by atoms with van der Waals surface area (Å²) in [5, 5.41) is 0.746. The zero-order valence-corrected chi connectivity index (χ0v) is 32.3. The molecule has 2 fully saturated rings. The predicted octanol–water partition coefficient (Wildman–Crippen LogP) is 5.98. The number of anilines is 1. The van der Waals surface area contributed by atoms with E-state index < -0.39 is 21.7 Å². The SMILES string of the molecule is COC[C@H]1C/C=C/[C@H](OC)[C@@H]2CC[C@H]2CN2CC3c4ccc(Cl)cc4CCC3COc3ccc(cc32)C(=O)N=S(=O)(NC(=O)COC2CCOCC2)C1. The Balaban J connectivity index is 1.25. The van der Waals surface area contributed by atoms with Crippen LogP contribution in [0.5, 0.6) is 5.75 Å². The van der Waals surface area contributed by atoms with Crippen LogP contribution in [0, 0.1) is 23.7 Å². The molecule has 1 N–H and O–H groups in total. The Morgan fingerprint density at radius 2 is 1.91 bits per heavy atom. The van der Waals surface area contributed by atoms with Crippen LogP contribution in [0.4, 0.5) is 5.69 Å². The third-order valence-electron chi connectivity index (χ3n) is 11.7. The molecule has 13 heteroatoms. The van der Waals surface area contributed by atoms with E-state index >= 15 is 0 Å². The number of ether oxygens (including phenoxy) is 5. The van der Waals surface area contributed by atoms with Gasteiger partial charge in [0.05, 0.1) is 36.9 Å². The zero-order valence-electron chi connectivity index (χ0n) is 30.7. The van der Waals surface area contributed by atoms with Gasteiger partial charge >= 0.3 is 0 Å². The average Bonchev–Trinajstić information content (AvgIpc) is 3.13. The van der Waals surface area contributed by atoms with Gasteiger partial charge < -0.3 is 28.6 Å². The van der Waals surface area contributed by atoms with Crippen molar-refractivity contribution < 1.29 is 37.5 Å². The molecule has 3 heterocycles. The summed E-state index contributed by atoms with van der Waals surface area (Å²) in [7, 11) is -0.259. The van der Waals surface area contributed by atoms with Gasteiger partial charge in [0.1, 0.15) is 22.3 Å². The van der Waals surface area contributed by atoms with Crippen LogP contribution in [-0.4, -0.2) is 94.3 Å². The minimum atomic E-state index is -3.60. The van der Waals surface area contributed by atoms with Crippen molar-refractivity contribution in [3.05, 3.63) is 70.3 Å². The average molecular weight is 770 g/mol. The summed E-state index contributed by atoms with van der Waals surface area (Å²) in [5.74, 6) is 0.309. The van der Waals surface area contributed by atoms with E-state index in [0.29, 0.717) is 62.6 Å². The van der Waals surface area contributed by atoms with Gasteiger partial charge in [-0.3, -0.25) is 14.3 Å². The van der Waals surface area contributed by atoms with Crippen molar-refractivity contribution in [2.45, 2.75) is 63.1 Å². The van der Waals surface area contributed by atoms with Crippen LogP contribution < -0.4 is 14.4 Å². The molecule has 2 aromatic rings. The number of benzene rings is 2. The molecular formula is C40H52ClN3O8S. The van der Waals surface area contributed by atoms with Crippen molar-refractivity contribution in [1.29, 1.82) is 0 Å². The number of carbonyl (C=O) groups is 2. The highest BCUT2D eigenvalue weighted by Crippen LogP contribution is 2.45. The van der Waals surface area contributed by atoms with Crippen molar-refractivity contribution in [1.82, 2.24) is 4.72 Å². The third-order valence-corrected chi connectivity index (χ3v) is 13.8. The zero-order chi connectivity index (χ0) is 37.0. The minimum absolute atomic E-state index is 0.0731. The molecule has 7 rings (SSSR count). The van der Waals surface area contributed by atoms with Crippen LogP contribution >= 0.6 is 11.6 Å². The molecule has 2 aliphatic carbocycles. The number of rotatable bonds is 7. The number of carbonyl (C=O) groups excluding carboxylic acids is 2. The normalized spacial score (nSPS) is 31.2. The standard InChI is InChI=1S/C40H52ClN3O8S/c1-48-22-26-4-3-5-37(49-2)34-11-8-29(34)20-44-21-35-30(7-6-27-18-31(41)10-12-33(27)35)23-52-38-13-9-28(19-36(38)44)40(46)43-53(47,25-26)42-39(45)24-51-32-14-16-50-17-15-32/h3,5,9-10,12-13,18-19,26,29-30,32,34-35,37H,4,6-8,11,14-17,20-25H2,1-2H3,(H,42,43,45,46,47)/b5-3+/t26-,29+,30?,34-,35?,37+,53?/m1/s1. The monoisotopic (exact) mass is 769 g/mol. The number of hydrogen-bond donors (Lipinski definition) is 1. The highest BCUT2D eigenvalue weighted by molar-refractivity contribution is 7.92. The quantitative estimate of drug-likeness (QED) is 0.339. The maximum absolute atomic E-state index is 14.6. The molecule has 288 valence electrons. The van der Waals surface area contributed by atoms with Crippen molar-refractivity contribution in [2.75, 3.05) is 71.0 Å². The van der Waals surface area contributed by atoms with Gasteiger partial charge in [-0.2, -0.15) is 0 Å². The molecule has 0 radical (unpaired) electrons. The fourth-order valence-electron chi connectivity index (χ4n) is 8.73. The van der Waals surface area contributed by atoms with Gasteiger partial charge in [0, 0.05) is 62.9 Å². The van der Waals surface area contributed by atoms with E-state index in [2.05, 4.69) is 38.3 Å².